The van der Waals surface area contributed by atoms with Crippen LogP contribution in [0.2, 0.25) is 0 Å². The number of unbranched alkanes of at least 4 members (excludes halogenated alkanes) is 1. The van der Waals surface area contributed by atoms with Gasteiger partial charge in [-0.2, -0.15) is 0 Å². The van der Waals surface area contributed by atoms with Crippen LogP contribution in [0.1, 0.15) is 67.9 Å². The van der Waals surface area contributed by atoms with Gasteiger partial charge in [0, 0.05) is 76.1 Å². The highest BCUT2D eigenvalue weighted by molar-refractivity contribution is 6.01. The maximum Gasteiger partial charge on any atom is 0.319 e. The molecule has 2 aliphatic heterocycles. The van der Waals surface area contributed by atoms with Gasteiger partial charge in [-0.25, -0.2) is 14.8 Å². The predicted octanol–water partition coefficient (Wildman–Crippen LogP) is 8.26. The van der Waals surface area contributed by atoms with Gasteiger partial charge in [0.25, 0.3) is 0 Å². The maximum atomic E-state index is 14.0. The highest BCUT2D eigenvalue weighted by Gasteiger charge is 2.29. The van der Waals surface area contributed by atoms with E-state index in [-0.39, 0.29) is 70.4 Å². The van der Waals surface area contributed by atoms with E-state index < -0.39 is 66.1 Å². The summed E-state index contributed by atoms with van der Waals surface area (Å²) in [6.45, 7) is 3.39. The first-order valence-electron chi connectivity index (χ1n) is 33.9. The number of H-pyrrole nitrogens is 2. The number of rotatable bonds is 31. The number of aromatic nitrogens is 4. The lowest BCUT2D eigenvalue weighted by Gasteiger charge is -2.24. The summed E-state index contributed by atoms with van der Waals surface area (Å²) in [4.78, 5) is 124. The molecule has 3 aromatic heterocycles. The number of benzene rings is 5. The average molecular weight is 1360 g/mol. The van der Waals surface area contributed by atoms with Gasteiger partial charge in [0.2, 0.25) is 41.4 Å². The normalized spacial score (nSPS) is 12.3. The molecule has 0 radical (unpaired) electrons. The lowest BCUT2D eigenvalue weighted by molar-refractivity contribution is -0.133. The Kier molecular flexibility index (Phi) is 25.4. The van der Waals surface area contributed by atoms with E-state index in [1.807, 2.05) is 105 Å². The first-order valence-corrected chi connectivity index (χ1v) is 33.9. The molecule has 520 valence electrons. The molecule has 0 unspecified atom stereocenters. The van der Waals surface area contributed by atoms with E-state index in [0.717, 1.165) is 89.4 Å². The summed E-state index contributed by atoms with van der Waals surface area (Å²) in [5.41, 5.74) is 15.3. The minimum Gasteiger partial charge on any atom is -0.354 e. The molecule has 5 heterocycles. The minimum atomic E-state index is -1.19. The number of amides is 9. The lowest BCUT2D eigenvalue weighted by Crippen LogP contribution is -2.56. The topological polar surface area (TPSA) is 326 Å². The Morgan fingerprint density at radius 3 is 1.26 bits per heavy atom. The van der Waals surface area contributed by atoms with Crippen LogP contribution in [0.15, 0.2) is 170 Å². The number of anilines is 1. The van der Waals surface area contributed by atoms with Crippen LogP contribution >= 0.6 is 0 Å². The summed E-state index contributed by atoms with van der Waals surface area (Å²) < 4.78 is 0. The molecule has 13 N–H and O–H groups in total. The molecule has 0 aliphatic carbocycles. The zero-order valence-corrected chi connectivity index (χ0v) is 56.9. The summed E-state index contributed by atoms with van der Waals surface area (Å²) in [6.07, 6.45) is 9.46. The molecule has 8 bridgehead atoms. The smallest absolute Gasteiger partial charge is 0.319 e. The van der Waals surface area contributed by atoms with Crippen molar-refractivity contribution in [2.75, 3.05) is 65.2 Å². The van der Waals surface area contributed by atoms with E-state index in [1.54, 1.807) is 44.4 Å². The van der Waals surface area contributed by atoms with Crippen LogP contribution in [-0.2, 0) is 40.0 Å². The number of nitrogens with zero attached hydrogens (tertiary/aromatic N) is 2. The number of nitrogens with one attached hydrogen (secondary N) is 13. The first-order chi connectivity index (χ1) is 49.1. The van der Waals surface area contributed by atoms with Crippen molar-refractivity contribution in [3.63, 3.8) is 0 Å². The van der Waals surface area contributed by atoms with Crippen molar-refractivity contribution in [1.82, 2.24) is 73.1 Å². The van der Waals surface area contributed by atoms with Crippen LogP contribution in [0.3, 0.4) is 0 Å². The molecule has 0 saturated heterocycles. The Hall–Kier alpha value is -11.8. The van der Waals surface area contributed by atoms with Gasteiger partial charge in [-0.3, -0.25) is 33.6 Å². The molecule has 3 atom stereocenters. The van der Waals surface area contributed by atoms with E-state index in [4.69, 9.17) is 9.97 Å². The fraction of sp³-hybridized carbons (Fsp3) is 0.256. The molecular weight excluding hydrogens is 1270 g/mol. The van der Waals surface area contributed by atoms with Crippen molar-refractivity contribution in [2.24, 2.45) is 5.92 Å². The molecule has 23 nitrogen and oxygen atoms in total. The summed E-state index contributed by atoms with van der Waals surface area (Å²) in [5, 5.41) is 30.0. The highest BCUT2D eigenvalue weighted by atomic mass is 16.2. The summed E-state index contributed by atoms with van der Waals surface area (Å²) in [5.74, 6) is -3.89. The summed E-state index contributed by atoms with van der Waals surface area (Å²) >= 11 is 0. The van der Waals surface area contributed by atoms with Crippen molar-refractivity contribution in [3.05, 3.63) is 198 Å². The van der Waals surface area contributed by atoms with Gasteiger partial charge in [-0.15, -0.1) is 0 Å². The Balaban J connectivity index is 0.796. The third-order valence-electron chi connectivity index (χ3n) is 16.8. The molecule has 101 heavy (non-hydrogen) atoms. The van der Waals surface area contributed by atoms with Gasteiger partial charge in [0.05, 0.1) is 49.0 Å². The number of urea groups is 1. The quantitative estimate of drug-likeness (QED) is 0.0183. The SMILES string of the molecule is CNCC(=O)NCCNC(=O)CNC(=O)[C@H](CC(C)C)NC(=O)[C@H](Cc1ccccc1)NC(=O)CNC(=O)[C@H](CCCCNC(=O)Nc1ccc(-c2c3nc(c(-c4ccccc4)c4ccc([nH]4)c(-c4ccccc4)c4nc(c(-c5ccccc5)c5ccc2[nH]5)C=C4)C=C3)cc1)NC(=O)CNC. The Morgan fingerprint density at radius 2 is 0.792 bits per heavy atom. The molecule has 8 aromatic rings. The van der Waals surface area contributed by atoms with Crippen molar-refractivity contribution >= 4 is 99.4 Å². The number of carbonyl (C=O) groups is 8. The second kappa shape index (κ2) is 35.6. The van der Waals surface area contributed by atoms with Crippen molar-refractivity contribution in [2.45, 2.75) is 64.1 Å². The molecule has 2 aliphatic rings. The van der Waals surface area contributed by atoms with E-state index in [1.165, 1.54) is 0 Å². The highest BCUT2D eigenvalue weighted by Crippen LogP contribution is 2.39. The number of likely N-dealkylation sites (N-methyl/N-ethyl adjacent to an activating group) is 2. The van der Waals surface area contributed by atoms with Gasteiger partial charge in [-0.05, 0) is 134 Å². The molecule has 23 heteroatoms. The monoisotopic (exact) mass is 1360 g/mol. The second-order valence-electron chi connectivity index (χ2n) is 24.9. The second-order valence-corrected chi connectivity index (χ2v) is 24.9. The van der Waals surface area contributed by atoms with Crippen molar-refractivity contribution < 1.29 is 38.4 Å². The van der Waals surface area contributed by atoms with Crippen molar-refractivity contribution in [1.29, 1.82) is 0 Å². The number of hydrogen-bond acceptors (Lipinski definition) is 12. The lowest BCUT2D eigenvalue weighted by atomic mass is 10.0. The van der Waals surface area contributed by atoms with Gasteiger partial charge in [0.1, 0.15) is 18.1 Å². The number of aromatic amines is 2. The van der Waals surface area contributed by atoms with Gasteiger partial charge in [0.15, 0.2) is 0 Å². The summed E-state index contributed by atoms with van der Waals surface area (Å²) in [7, 11) is 3.23. The zero-order valence-electron chi connectivity index (χ0n) is 56.9. The first kappa shape index (κ1) is 71.9. The predicted molar refractivity (Wildman–Crippen MR) is 397 cm³/mol. The van der Waals surface area contributed by atoms with Crippen LogP contribution in [0.25, 0.3) is 90.9 Å². The van der Waals surface area contributed by atoms with E-state index >= 15 is 0 Å². The molecule has 5 aromatic carbocycles. The maximum absolute atomic E-state index is 14.0. The molecular formula is C78H85N15O8. The molecule has 0 fully saturated rings. The average Bonchev–Trinajstić information content (AvgIpc) is 1.63. The van der Waals surface area contributed by atoms with Crippen LogP contribution in [-0.4, -0.2) is 145 Å². The fourth-order valence-corrected chi connectivity index (χ4v) is 12.0. The largest absolute Gasteiger partial charge is 0.354 e. The van der Waals surface area contributed by atoms with Crippen LogP contribution in [0.4, 0.5) is 10.5 Å². The van der Waals surface area contributed by atoms with E-state index in [0.29, 0.717) is 24.1 Å². The molecule has 0 saturated carbocycles. The minimum absolute atomic E-state index is 0.0365. The third kappa shape index (κ3) is 20.0. The number of fused-ring (bicyclic) bond motifs is 8. The van der Waals surface area contributed by atoms with E-state index in [2.05, 4.69) is 141 Å². The fourth-order valence-electron chi connectivity index (χ4n) is 12.0. The standard InChI is InChI=1S/C78H85N15O8/c1-49(2)43-65(76(99)84-47-68(95)82-42-41-81-67(94)45-79-3)93-77(100)66(44-50-19-9-5-10-20-50)92-70(97)48-85-75(98)64(91-69(96)46-80-4)27-17-18-40-83-78(101)86-55-30-28-54(29-31-55)74-62-38-36-60(89-62)72(52-23-13-7-14-24-52)58-34-32-56(87-58)71(51-21-11-6-12-22-51)57-33-35-59(88-57)73(53-25-15-8-16-26-53)61-37-39-63(74)90-61/h5-16,19-26,28-39,49,64-66,79-80,87,90H,17-18,27,40-48H2,1-4H3,(H,81,94)(H,82,95)(H,84,99)(H,85,98)(H,91,96)(H,92,97)(H,93,100)(H2,83,86,101)/t64-,65-,66-/m0/s1. The Bertz CT molecular complexity index is 4440. The van der Waals surface area contributed by atoms with E-state index in [9.17, 15) is 38.4 Å². The third-order valence-corrected chi connectivity index (χ3v) is 16.8. The number of carbonyl (C=O) groups excluding carboxylic acids is 8. The van der Waals surface area contributed by atoms with Gasteiger partial charge < -0.3 is 68.5 Å². The van der Waals surface area contributed by atoms with Crippen LogP contribution < -0.4 is 58.5 Å². The van der Waals surface area contributed by atoms with Gasteiger partial charge in [-0.1, -0.05) is 147 Å². The molecule has 0 spiro atoms. The molecule has 10 rings (SSSR count). The van der Waals surface area contributed by atoms with Crippen LogP contribution in [0.5, 0.6) is 0 Å². The Labute approximate surface area is 586 Å². The summed E-state index contributed by atoms with van der Waals surface area (Å²) in [6, 6.07) is 51.8. The number of hydrogen-bond donors (Lipinski definition) is 13. The van der Waals surface area contributed by atoms with Gasteiger partial charge >= 0.3 is 6.03 Å². The molecule has 9 amide bonds. The Morgan fingerprint density at radius 1 is 0.386 bits per heavy atom. The van der Waals surface area contributed by atoms with Crippen LogP contribution in [0, 0.1) is 5.92 Å². The zero-order chi connectivity index (χ0) is 71.0. The van der Waals surface area contributed by atoms with Crippen molar-refractivity contribution in [3.8, 4) is 44.5 Å².